The van der Waals surface area contributed by atoms with Crippen molar-refractivity contribution in [1.29, 1.82) is 0 Å². The molecule has 0 radical (unpaired) electrons. The van der Waals surface area contributed by atoms with Crippen molar-refractivity contribution in [2.45, 2.75) is 194 Å². The van der Waals surface area contributed by atoms with E-state index in [1.54, 1.807) is 0 Å². The smallest absolute Gasteiger partial charge is 0.550 e. The number of unbranched alkanes of at least 4 members (excludes halogenated alkanes) is 24. The van der Waals surface area contributed by atoms with Crippen LogP contribution in [0.15, 0.2) is 9.15 Å². The van der Waals surface area contributed by atoms with Crippen molar-refractivity contribution in [3.05, 3.63) is 5.96 Å². The van der Waals surface area contributed by atoms with E-state index in [4.69, 9.17) is 0 Å². The van der Waals surface area contributed by atoms with E-state index < -0.39 is 5.97 Å². The van der Waals surface area contributed by atoms with Crippen LogP contribution in [0.4, 0.5) is 0 Å². The summed E-state index contributed by atoms with van der Waals surface area (Å²) >= 11 is 0. The summed E-state index contributed by atoms with van der Waals surface area (Å²) in [6.07, 6.45) is 36.2. The van der Waals surface area contributed by atoms with E-state index in [0.29, 0.717) is 0 Å². The van der Waals surface area contributed by atoms with E-state index in [0.717, 1.165) is 25.2 Å². The van der Waals surface area contributed by atoms with Crippen molar-refractivity contribution in [2.75, 3.05) is 0 Å². The van der Waals surface area contributed by atoms with Crippen molar-refractivity contribution in [3.63, 3.8) is 0 Å². The zero-order chi connectivity index (χ0) is 26.4. The Hall–Kier alpha value is 0.511. The minimum Gasteiger partial charge on any atom is -0.550 e. The molecule has 0 aliphatic heterocycles. The molecule has 0 aliphatic rings. The summed E-state index contributed by atoms with van der Waals surface area (Å²) in [4.78, 5) is 10.2. The fraction of sp³-hybridized carbons (Fsp3) is 0.938. The van der Waals surface area contributed by atoms with Crippen molar-refractivity contribution >= 4 is 54.9 Å². The zero-order valence-corrected chi connectivity index (χ0v) is 29.6. The molecule has 1 heterocycles. The fourth-order valence-electron chi connectivity index (χ4n) is 4.69. The van der Waals surface area contributed by atoms with Crippen LogP contribution in [-0.2, 0) is 11.2 Å². The number of carboxylic acids is 1. The second-order valence-corrected chi connectivity index (χ2v) is 10.9. The zero-order valence-electron chi connectivity index (χ0n) is 25.1. The maximum Gasteiger partial charge on any atom is 2.00 e. The third-order valence-corrected chi connectivity index (χ3v) is 7.17. The Morgan fingerprint density at radius 3 is 1.03 bits per heavy atom. The largest absolute Gasteiger partial charge is 2.00 e. The van der Waals surface area contributed by atoms with E-state index in [1.165, 1.54) is 154 Å². The fourth-order valence-corrected chi connectivity index (χ4v) is 4.69. The number of aryl methyl sites for hydroxylation is 1. The van der Waals surface area contributed by atoms with Crippen LogP contribution in [0, 0.1) is 0 Å². The minimum absolute atomic E-state index is 0. The van der Waals surface area contributed by atoms with Gasteiger partial charge in [0, 0.05) is 11.9 Å². The second kappa shape index (κ2) is 34.5. The van der Waals surface area contributed by atoms with Crippen molar-refractivity contribution in [1.82, 2.24) is 0 Å². The number of hydrogen-bond acceptors (Lipinski definition) is 4. The molecule has 0 bridgehead atoms. The number of aliphatic carboxylic acids is 1. The first kappa shape index (κ1) is 39.7. The Bertz CT molecular complexity index is 497. The molecule has 1 aromatic heterocycles. The molecule has 4 nitrogen and oxygen atoms in total. The van der Waals surface area contributed by atoms with Gasteiger partial charge in [0.1, 0.15) is 0 Å². The SMILES string of the molecule is CCCCCCCCCCCCCCCC(=O)[O-].CCCCCCCCCCCCCCC[c-]1oo1.[Ba+2]. The Labute approximate surface area is 271 Å². The molecule has 216 valence electrons. The third-order valence-electron chi connectivity index (χ3n) is 7.17. The average molecular weight is 648 g/mol. The van der Waals surface area contributed by atoms with E-state index in [1.807, 2.05) is 0 Å². The molecule has 0 N–H and O–H groups in total. The van der Waals surface area contributed by atoms with Crippen LogP contribution in [0.25, 0.3) is 0 Å². The van der Waals surface area contributed by atoms with Crippen molar-refractivity contribution in [3.8, 4) is 0 Å². The summed E-state index contributed by atoms with van der Waals surface area (Å²) in [5, 5.41) is 10.2. The molecule has 0 fully saturated rings. The van der Waals surface area contributed by atoms with Gasteiger partial charge in [-0.1, -0.05) is 181 Å². The molecule has 0 saturated heterocycles. The van der Waals surface area contributed by atoms with Crippen LogP contribution in [0.3, 0.4) is 0 Å². The molecular formula is C32H62BaO4. The molecule has 0 unspecified atom stereocenters. The Morgan fingerprint density at radius 1 is 0.486 bits per heavy atom. The van der Waals surface area contributed by atoms with Gasteiger partial charge < -0.3 is 19.1 Å². The van der Waals surface area contributed by atoms with Crippen LogP contribution in [0.2, 0.25) is 0 Å². The molecule has 1 aromatic rings. The van der Waals surface area contributed by atoms with Crippen molar-refractivity contribution < 1.29 is 19.1 Å². The van der Waals surface area contributed by atoms with Crippen LogP contribution in [0.5, 0.6) is 0 Å². The first-order valence-electron chi connectivity index (χ1n) is 16.1. The minimum atomic E-state index is -0.905. The molecule has 0 amide bonds. The third kappa shape index (κ3) is 38.7. The van der Waals surface area contributed by atoms with Gasteiger partial charge in [0.25, 0.3) is 0 Å². The van der Waals surface area contributed by atoms with Gasteiger partial charge in [-0.3, -0.25) is 0 Å². The number of hydrogen-bond donors (Lipinski definition) is 0. The maximum absolute atomic E-state index is 10.2. The molecule has 5 heteroatoms. The van der Waals surface area contributed by atoms with E-state index in [2.05, 4.69) is 23.0 Å². The summed E-state index contributed by atoms with van der Waals surface area (Å²) in [5.41, 5.74) is 0. The normalized spacial score (nSPS) is 10.8. The summed E-state index contributed by atoms with van der Waals surface area (Å²) < 4.78 is 9.26. The molecule has 0 aliphatic carbocycles. The summed E-state index contributed by atoms with van der Waals surface area (Å²) in [5.74, 6) is -0.0591. The van der Waals surface area contributed by atoms with Crippen LogP contribution in [0.1, 0.15) is 193 Å². The number of carbonyl (C=O) groups is 1. The van der Waals surface area contributed by atoms with E-state index in [-0.39, 0.29) is 55.3 Å². The van der Waals surface area contributed by atoms with Gasteiger partial charge in [-0.25, -0.2) is 0 Å². The molecule has 0 spiro atoms. The van der Waals surface area contributed by atoms with Gasteiger partial charge in [-0.05, 0) is 12.8 Å². The number of rotatable bonds is 28. The van der Waals surface area contributed by atoms with Crippen molar-refractivity contribution in [2.24, 2.45) is 0 Å². The standard InChI is InChI=1S/C16H31O2.C16H32O2.Ba/c1-2-3-4-5-6-7-8-9-10-11-12-13-14-15-16-17-18-16;1-2-3-4-5-6-7-8-9-10-11-12-13-14-15-16(17)18;/h2-15H2,1H3;2-15H2,1H3,(H,17,18);/q-1;;+2/p-1. The quantitative estimate of drug-likeness (QED) is 0.0393. The van der Waals surface area contributed by atoms with Gasteiger partial charge >= 0.3 is 48.9 Å². The summed E-state index contributed by atoms with van der Waals surface area (Å²) in [6.45, 7) is 4.54. The van der Waals surface area contributed by atoms with Gasteiger partial charge in [0.15, 0.2) is 0 Å². The predicted molar refractivity (Wildman–Crippen MR) is 157 cm³/mol. The molecular weight excluding hydrogens is 586 g/mol. The average Bonchev–Trinajstić information content (AvgIpc) is 3.70. The summed E-state index contributed by atoms with van der Waals surface area (Å²) in [7, 11) is 0. The first-order chi connectivity index (χ1) is 17.7. The van der Waals surface area contributed by atoms with Gasteiger partial charge in [-0.2, -0.15) is 0 Å². The molecule has 0 aromatic carbocycles. The monoisotopic (exact) mass is 648 g/mol. The van der Waals surface area contributed by atoms with Gasteiger partial charge in [0.2, 0.25) is 0 Å². The summed E-state index contributed by atoms with van der Waals surface area (Å²) in [6, 6.07) is 0. The second-order valence-electron chi connectivity index (χ2n) is 10.9. The molecule has 37 heavy (non-hydrogen) atoms. The topological polar surface area (TPSA) is 66.4 Å². The van der Waals surface area contributed by atoms with E-state index >= 15 is 0 Å². The number of carboxylic acid groups (broad SMARTS) is 1. The van der Waals surface area contributed by atoms with E-state index in [9.17, 15) is 9.90 Å². The maximum atomic E-state index is 10.2. The Kier molecular flexibility index (Phi) is 37.0. The first-order valence-corrected chi connectivity index (χ1v) is 16.1. The van der Waals surface area contributed by atoms with Crippen LogP contribution in [-0.4, -0.2) is 54.9 Å². The number of carbonyl (C=O) groups excluding carboxylic acids is 1. The molecule has 0 saturated carbocycles. The molecule has 0 atom stereocenters. The Morgan fingerprint density at radius 2 is 0.757 bits per heavy atom. The van der Waals surface area contributed by atoms with Gasteiger partial charge in [-0.15, -0.1) is 0 Å². The molecule has 1 rings (SSSR count). The van der Waals surface area contributed by atoms with Crippen LogP contribution < -0.4 is 5.11 Å². The Balaban J connectivity index is 0. The predicted octanol–water partition coefficient (Wildman–Crippen LogP) is 10.1. The van der Waals surface area contributed by atoms with Crippen LogP contribution >= 0.6 is 0 Å². The van der Waals surface area contributed by atoms with Gasteiger partial charge in [0.05, 0.1) is 0 Å².